The Balaban J connectivity index is 1.42. The Morgan fingerprint density at radius 2 is 0.648 bits per heavy atom. The van der Waals surface area contributed by atoms with Gasteiger partial charge in [0.2, 0.25) is 5.91 Å². The quantitative estimate of drug-likeness (QED) is 0.0252. The molecule has 19 nitrogen and oxygen atoms in total. The van der Waals surface area contributed by atoms with Crippen LogP contribution in [0.1, 0.15) is 303 Å². The van der Waals surface area contributed by atoms with Crippen molar-refractivity contribution < 1.29 is 89.4 Å². The van der Waals surface area contributed by atoms with Crippen LogP contribution in [0.15, 0.2) is 0 Å². The summed E-state index contributed by atoms with van der Waals surface area (Å²) in [6.07, 6.45) is 28.9. The van der Waals surface area contributed by atoms with E-state index >= 15 is 0 Å². The van der Waals surface area contributed by atoms with Gasteiger partial charge in [-0.05, 0) is 12.8 Å². The van der Waals surface area contributed by atoms with Crippen molar-refractivity contribution in [2.75, 3.05) is 26.4 Å². The predicted molar refractivity (Wildman–Crippen MR) is 342 cm³/mol. The summed E-state index contributed by atoms with van der Waals surface area (Å²) in [6, 6.07) is -0.882. The third kappa shape index (κ3) is 33.8. The molecule has 3 rings (SSSR count). The zero-order chi connectivity index (χ0) is 64.0. The van der Waals surface area contributed by atoms with Crippen LogP contribution in [-0.4, -0.2) is 193 Å². The average molecular weight is 1260 g/mol. The van der Waals surface area contributed by atoms with Gasteiger partial charge in [-0.2, -0.15) is 0 Å². The summed E-state index contributed by atoms with van der Waals surface area (Å²) in [5.74, 6) is -0.235. The van der Waals surface area contributed by atoms with Gasteiger partial charge in [-0.1, -0.05) is 284 Å². The Kier molecular flexibility index (Phi) is 48.0. The maximum atomic E-state index is 13.4. The molecule has 3 fully saturated rings. The van der Waals surface area contributed by atoms with E-state index in [0.717, 1.165) is 44.9 Å². The van der Waals surface area contributed by atoms with E-state index in [0.29, 0.717) is 12.8 Å². The molecule has 0 aromatic heterocycles. The molecule has 17 atom stereocenters. The number of unbranched alkanes of at least 4 members (excludes halogenated alkanes) is 41. The van der Waals surface area contributed by atoms with Crippen molar-refractivity contribution in [2.45, 2.75) is 407 Å². The molecule has 3 saturated heterocycles. The second kappa shape index (κ2) is 52.1. The van der Waals surface area contributed by atoms with Crippen molar-refractivity contribution in [3.63, 3.8) is 0 Å². The van der Waals surface area contributed by atoms with Crippen LogP contribution in [0.4, 0.5) is 0 Å². The highest BCUT2D eigenvalue weighted by molar-refractivity contribution is 5.76. The first-order chi connectivity index (χ1) is 42.8. The van der Waals surface area contributed by atoms with Crippen LogP contribution >= 0.6 is 0 Å². The standard InChI is InChI=1S/C69H133NO18/c1-3-5-7-9-11-13-15-17-19-21-23-25-26-27-28-30-32-34-36-38-40-42-44-46-53(74)52(70-57(75)47-45-43-41-39-37-35-33-31-29-24-22-20-18-16-14-12-10-8-6-4-2)51-83-67-63(81)60(78)65(55(49-72)85-67)88-69-64(82)61(79)66(56(50-73)86-69)87-68-62(80)59(77)58(76)54(48-71)84-68/h52-56,58-69,71-74,76-82H,3-51H2,1-2H3,(H,70,75). The molecule has 0 aromatic rings. The molecule has 12 N–H and O–H groups in total. The predicted octanol–water partition coefficient (Wildman–Crippen LogP) is 9.89. The average Bonchev–Trinajstić information content (AvgIpc) is 1.28. The number of ether oxygens (including phenoxy) is 6. The van der Waals surface area contributed by atoms with Gasteiger partial charge >= 0.3 is 0 Å². The van der Waals surface area contributed by atoms with Crippen LogP contribution in [0.5, 0.6) is 0 Å². The summed E-state index contributed by atoms with van der Waals surface area (Å²) in [5.41, 5.74) is 0. The fraction of sp³-hybridized carbons (Fsp3) is 0.986. The molecule has 3 aliphatic heterocycles. The lowest BCUT2D eigenvalue weighted by Gasteiger charge is -2.48. The lowest BCUT2D eigenvalue weighted by Crippen LogP contribution is -2.66. The summed E-state index contributed by atoms with van der Waals surface area (Å²) < 4.78 is 34.5. The van der Waals surface area contributed by atoms with Crippen LogP contribution in [-0.2, 0) is 33.2 Å². The number of carbonyl (C=O) groups is 1. The minimum absolute atomic E-state index is 0.235. The third-order valence-corrected chi connectivity index (χ3v) is 18.7. The Bertz CT molecular complexity index is 1600. The fourth-order valence-corrected chi connectivity index (χ4v) is 12.8. The maximum absolute atomic E-state index is 13.4. The van der Waals surface area contributed by atoms with Crippen molar-refractivity contribution in [3.05, 3.63) is 0 Å². The van der Waals surface area contributed by atoms with Gasteiger partial charge in [0, 0.05) is 6.42 Å². The first-order valence-corrected chi connectivity index (χ1v) is 36.3. The topological polar surface area (TPSA) is 307 Å². The number of rotatable bonds is 57. The molecule has 0 radical (unpaired) electrons. The van der Waals surface area contributed by atoms with E-state index in [1.165, 1.54) is 225 Å². The molecule has 522 valence electrons. The van der Waals surface area contributed by atoms with Crippen LogP contribution in [0.3, 0.4) is 0 Å². The Morgan fingerprint density at radius 1 is 0.364 bits per heavy atom. The first kappa shape index (κ1) is 81.0. The van der Waals surface area contributed by atoms with Gasteiger partial charge in [0.1, 0.15) is 73.2 Å². The Hall–Kier alpha value is -1.21. The van der Waals surface area contributed by atoms with Crippen LogP contribution in [0.2, 0.25) is 0 Å². The largest absolute Gasteiger partial charge is 0.394 e. The third-order valence-electron chi connectivity index (χ3n) is 18.7. The van der Waals surface area contributed by atoms with Crippen LogP contribution in [0.25, 0.3) is 0 Å². The molecule has 0 aliphatic carbocycles. The van der Waals surface area contributed by atoms with Crippen molar-refractivity contribution in [2.24, 2.45) is 0 Å². The fourth-order valence-electron chi connectivity index (χ4n) is 12.8. The van der Waals surface area contributed by atoms with Gasteiger partial charge < -0.3 is 89.9 Å². The molecule has 0 aromatic carbocycles. The summed E-state index contributed by atoms with van der Waals surface area (Å²) in [4.78, 5) is 13.4. The summed E-state index contributed by atoms with van der Waals surface area (Å²) >= 11 is 0. The summed E-state index contributed by atoms with van der Waals surface area (Å²) in [7, 11) is 0. The smallest absolute Gasteiger partial charge is 0.220 e. The van der Waals surface area contributed by atoms with E-state index in [2.05, 4.69) is 19.2 Å². The van der Waals surface area contributed by atoms with E-state index in [9.17, 15) is 61.0 Å². The van der Waals surface area contributed by atoms with Gasteiger partial charge in [-0.15, -0.1) is 0 Å². The van der Waals surface area contributed by atoms with Gasteiger partial charge in [-0.3, -0.25) is 4.79 Å². The van der Waals surface area contributed by atoms with Crippen LogP contribution in [0, 0.1) is 0 Å². The molecule has 0 spiro atoms. The minimum Gasteiger partial charge on any atom is -0.394 e. The number of carbonyl (C=O) groups excluding carboxylic acids is 1. The van der Waals surface area contributed by atoms with Gasteiger partial charge in [-0.25, -0.2) is 0 Å². The monoisotopic (exact) mass is 1260 g/mol. The van der Waals surface area contributed by atoms with E-state index in [4.69, 9.17) is 28.4 Å². The molecule has 1 amide bonds. The van der Waals surface area contributed by atoms with Gasteiger partial charge in [0.15, 0.2) is 18.9 Å². The highest BCUT2D eigenvalue weighted by Crippen LogP contribution is 2.33. The zero-order valence-electron chi connectivity index (χ0n) is 55.2. The number of nitrogens with one attached hydrogen (secondary N) is 1. The molecule has 3 heterocycles. The van der Waals surface area contributed by atoms with Crippen molar-refractivity contribution in [1.29, 1.82) is 0 Å². The van der Waals surface area contributed by atoms with Gasteiger partial charge in [0.05, 0.1) is 38.6 Å². The van der Waals surface area contributed by atoms with Crippen molar-refractivity contribution in [3.8, 4) is 0 Å². The molecule has 88 heavy (non-hydrogen) atoms. The summed E-state index contributed by atoms with van der Waals surface area (Å²) in [6.45, 7) is 1.85. The highest BCUT2D eigenvalue weighted by Gasteiger charge is 2.53. The number of aliphatic hydroxyl groups is 11. The number of aliphatic hydroxyl groups excluding tert-OH is 11. The molecule has 0 saturated carbocycles. The SMILES string of the molecule is CCCCCCCCCCCCCCCCCCCCCCCCCC(O)C(COC1OC(CO)C(OC2OC(CO)C(OC3OC(CO)C(O)C(O)C3O)C(O)C2O)C(O)C1O)NC(=O)CCCCCCCCCCCCCCCCCCCCCC. The maximum Gasteiger partial charge on any atom is 0.220 e. The molecular formula is C69H133NO18. The molecule has 3 aliphatic rings. The van der Waals surface area contributed by atoms with E-state index in [-0.39, 0.29) is 18.9 Å². The highest BCUT2D eigenvalue weighted by atomic mass is 16.8. The molecule has 17 unspecified atom stereocenters. The lowest BCUT2D eigenvalue weighted by atomic mass is 9.96. The minimum atomic E-state index is -1.97. The summed E-state index contributed by atoms with van der Waals surface area (Å²) in [5, 5.41) is 121. The molecule has 0 bridgehead atoms. The lowest BCUT2D eigenvalue weighted by molar-refractivity contribution is -0.379. The van der Waals surface area contributed by atoms with E-state index in [1.54, 1.807) is 0 Å². The molecule has 19 heteroatoms. The first-order valence-electron chi connectivity index (χ1n) is 36.3. The number of hydrogen-bond donors (Lipinski definition) is 12. The van der Waals surface area contributed by atoms with E-state index in [1.807, 2.05) is 0 Å². The van der Waals surface area contributed by atoms with Gasteiger partial charge in [0.25, 0.3) is 0 Å². The second-order valence-electron chi connectivity index (χ2n) is 26.4. The molecular weight excluding hydrogens is 1130 g/mol. The normalized spacial score (nSPS) is 28.3. The Morgan fingerprint density at radius 3 is 0.989 bits per heavy atom. The second-order valence-corrected chi connectivity index (χ2v) is 26.4. The van der Waals surface area contributed by atoms with Crippen molar-refractivity contribution in [1.82, 2.24) is 5.32 Å². The van der Waals surface area contributed by atoms with Crippen LogP contribution < -0.4 is 5.32 Å². The number of hydrogen-bond acceptors (Lipinski definition) is 18. The zero-order valence-corrected chi connectivity index (χ0v) is 55.2. The van der Waals surface area contributed by atoms with Crippen molar-refractivity contribution >= 4 is 5.91 Å². The van der Waals surface area contributed by atoms with E-state index < -0.39 is 124 Å². The number of amides is 1. The Labute approximate surface area is 532 Å².